The molecular formula is C18H28O6. The Balaban J connectivity index is 0. The first-order chi connectivity index (χ1) is 11.1. The van der Waals surface area contributed by atoms with Gasteiger partial charge in [0.25, 0.3) is 0 Å². The van der Waals surface area contributed by atoms with Gasteiger partial charge in [-0.1, -0.05) is 26.7 Å². The van der Waals surface area contributed by atoms with Gasteiger partial charge in [-0.25, -0.2) is 14.4 Å². The van der Waals surface area contributed by atoms with Crippen molar-refractivity contribution in [3.8, 4) is 0 Å². The second kappa shape index (κ2) is 14.2. The van der Waals surface area contributed by atoms with Crippen LogP contribution >= 0.6 is 0 Å². The van der Waals surface area contributed by atoms with Crippen LogP contribution in [-0.4, -0.2) is 37.2 Å². The van der Waals surface area contributed by atoms with Crippen LogP contribution < -0.4 is 0 Å². The molecule has 6 nitrogen and oxygen atoms in total. The molecule has 0 aliphatic heterocycles. The molecule has 0 spiro atoms. The number of hydrogen-bond acceptors (Lipinski definition) is 6. The lowest BCUT2D eigenvalue weighted by atomic mass is 10.3. The smallest absolute Gasteiger partial charge is 0.333 e. The molecule has 1 unspecified atom stereocenters. The number of carbonyl (C=O) groups is 3. The van der Waals surface area contributed by atoms with Gasteiger partial charge in [0.2, 0.25) is 0 Å². The fraction of sp³-hybridized carbons (Fsp3) is 0.500. The van der Waals surface area contributed by atoms with Crippen molar-refractivity contribution in [2.45, 2.75) is 46.6 Å². The standard InChI is InChI=1S/C12H18O4.C6H10O2/c1-8(2)11(13)15-7-6-10(5)16-12(14)9(3)4;1-3-5-8-6(7)4-2/h10H,1,3,6-7H2,2,4-5H3;4H,2-3,5H2,1H3. The van der Waals surface area contributed by atoms with Crippen LogP contribution in [0.15, 0.2) is 37.0 Å². The molecule has 0 saturated heterocycles. The maximum atomic E-state index is 11.1. The molecule has 0 saturated carbocycles. The molecule has 0 fully saturated rings. The first-order valence-electron chi connectivity index (χ1n) is 7.63. The van der Waals surface area contributed by atoms with Crippen LogP contribution in [0.25, 0.3) is 0 Å². The molecule has 0 amide bonds. The van der Waals surface area contributed by atoms with Crippen molar-refractivity contribution in [2.24, 2.45) is 0 Å². The highest BCUT2D eigenvalue weighted by atomic mass is 16.6. The number of rotatable bonds is 9. The maximum Gasteiger partial charge on any atom is 0.333 e. The lowest BCUT2D eigenvalue weighted by Crippen LogP contribution is -2.18. The summed E-state index contributed by atoms with van der Waals surface area (Å²) in [6.45, 7) is 17.7. The molecular weight excluding hydrogens is 312 g/mol. The summed E-state index contributed by atoms with van der Waals surface area (Å²) in [6.07, 6.45) is 2.18. The molecule has 24 heavy (non-hydrogen) atoms. The molecule has 0 aromatic rings. The van der Waals surface area contributed by atoms with E-state index in [0.29, 0.717) is 24.2 Å². The van der Waals surface area contributed by atoms with Crippen LogP contribution in [0.4, 0.5) is 0 Å². The van der Waals surface area contributed by atoms with Gasteiger partial charge >= 0.3 is 17.9 Å². The Kier molecular flexibility index (Phi) is 14.2. The minimum absolute atomic E-state index is 0.205. The monoisotopic (exact) mass is 340 g/mol. The van der Waals surface area contributed by atoms with Crippen molar-refractivity contribution >= 4 is 17.9 Å². The van der Waals surface area contributed by atoms with Crippen LogP contribution in [0.1, 0.15) is 40.5 Å². The minimum Gasteiger partial charge on any atom is -0.463 e. The highest BCUT2D eigenvalue weighted by molar-refractivity contribution is 5.87. The van der Waals surface area contributed by atoms with Crippen molar-refractivity contribution in [1.29, 1.82) is 0 Å². The number of carbonyl (C=O) groups excluding carboxylic acids is 3. The zero-order chi connectivity index (χ0) is 19.1. The molecule has 0 bridgehead atoms. The molecule has 0 aromatic heterocycles. The first kappa shape index (κ1) is 23.9. The van der Waals surface area contributed by atoms with E-state index in [4.69, 9.17) is 9.47 Å². The van der Waals surface area contributed by atoms with Gasteiger partial charge in [-0.3, -0.25) is 0 Å². The Morgan fingerprint density at radius 3 is 1.96 bits per heavy atom. The Hall–Kier alpha value is -2.37. The lowest BCUT2D eigenvalue weighted by Gasteiger charge is -2.13. The number of ether oxygens (including phenoxy) is 3. The quantitative estimate of drug-likeness (QED) is 0.364. The Morgan fingerprint density at radius 2 is 1.54 bits per heavy atom. The summed E-state index contributed by atoms with van der Waals surface area (Å²) in [5.41, 5.74) is 0.706. The maximum absolute atomic E-state index is 11.1. The van der Waals surface area contributed by atoms with Crippen molar-refractivity contribution in [2.75, 3.05) is 13.2 Å². The van der Waals surface area contributed by atoms with Gasteiger partial charge < -0.3 is 14.2 Å². The van der Waals surface area contributed by atoms with E-state index in [0.717, 1.165) is 12.5 Å². The highest BCUT2D eigenvalue weighted by Crippen LogP contribution is 2.03. The lowest BCUT2D eigenvalue weighted by molar-refractivity contribution is -0.145. The minimum atomic E-state index is -0.432. The predicted molar refractivity (Wildman–Crippen MR) is 92.2 cm³/mol. The predicted octanol–water partition coefficient (Wildman–Crippen LogP) is 3.13. The largest absolute Gasteiger partial charge is 0.463 e. The molecule has 0 heterocycles. The van der Waals surface area contributed by atoms with Crippen LogP contribution in [0, 0.1) is 0 Å². The summed E-state index contributed by atoms with van der Waals surface area (Å²) in [7, 11) is 0. The van der Waals surface area contributed by atoms with E-state index in [1.165, 1.54) is 0 Å². The third-order valence-electron chi connectivity index (χ3n) is 2.38. The summed E-state index contributed by atoms with van der Waals surface area (Å²) in [5.74, 6) is -1.20. The molecule has 0 radical (unpaired) electrons. The van der Waals surface area contributed by atoms with E-state index in [1.54, 1.807) is 20.8 Å². The molecule has 6 heteroatoms. The van der Waals surface area contributed by atoms with Crippen molar-refractivity contribution < 1.29 is 28.6 Å². The Morgan fingerprint density at radius 1 is 1.00 bits per heavy atom. The van der Waals surface area contributed by atoms with E-state index >= 15 is 0 Å². The fourth-order valence-corrected chi connectivity index (χ4v) is 1.04. The van der Waals surface area contributed by atoms with Gasteiger partial charge in [-0.15, -0.1) is 0 Å². The first-order valence-corrected chi connectivity index (χ1v) is 7.63. The highest BCUT2D eigenvalue weighted by Gasteiger charge is 2.11. The average molecular weight is 340 g/mol. The number of esters is 3. The normalized spacial score (nSPS) is 10.3. The van der Waals surface area contributed by atoms with Crippen LogP contribution in [0.2, 0.25) is 0 Å². The average Bonchev–Trinajstić information content (AvgIpc) is 2.52. The third-order valence-corrected chi connectivity index (χ3v) is 2.38. The van der Waals surface area contributed by atoms with Crippen molar-refractivity contribution in [1.82, 2.24) is 0 Å². The van der Waals surface area contributed by atoms with Crippen molar-refractivity contribution in [3.05, 3.63) is 37.0 Å². The zero-order valence-electron chi connectivity index (χ0n) is 15.1. The van der Waals surface area contributed by atoms with Gasteiger partial charge in [0.1, 0.15) is 6.10 Å². The van der Waals surface area contributed by atoms with Gasteiger partial charge in [-0.2, -0.15) is 0 Å². The molecule has 0 N–H and O–H groups in total. The SMILES string of the molecule is C=C(C)C(=O)OCCC(C)OC(=O)C(=C)C.C=CC(=O)OCCC. The van der Waals surface area contributed by atoms with Crippen LogP contribution in [0.5, 0.6) is 0 Å². The van der Waals surface area contributed by atoms with Gasteiger partial charge in [0, 0.05) is 23.6 Å². The van der Waals surface area contributed by atoms with Gasteiger partial charge in [0.15, 0.2) is 0 Å². The zero-order valence-corrected chi connectivity index (χ0v) is 15.1. The Labute approximate surface area is 144 Å². The molecule has 0 aliphatic rings. The van der Waals surface area contributed by atoms with E-state index in [2.05, 4.69) is 24.5 Å². The molecule has 0 rings (SSSR count). The number of hydrogen-bond donors (Lipinski definition) is 0. The van der Waals surface area contributed by atoms with Crippen LogP contribution in [0.3, 0.4) is 0 Å². The molecule has 136 valence electrons. The summed E-state index contributed by atoms with van der Waals surface area (Å²) >= 11 is 0. The van der Waals surface area contributed by atoms with Crippen LogP contribution in [-0.2, 0) is 28.6 Å². The summed E-state index contributed by atoms with van der Waals surface area (Å²) in [5, 5.41) is 0. The second-order valence-corrected chi connectivity index (χ2v) is 5.07. The molecule has 0 aliphatic carbocycles. The topological polar surface area (TPSA) is 78.9 Å². The van der Waals surface area contributed by atoms with E-state index < -0.39 is 11.9 Å². The fourth-order valence-electron chi connectivity index (χ4n) is 1.04. The second-order valence-electron chi connectivity index (χ2n) is 5.07. The summed E-state index contributed by atoms with van der Waals surface area (Å²) < 4.78 is 14.4. The molecule has 1 atom stereocenters. The van der Waals surface area contributed by atoms with E-state index in [9.17, 15) is 14.4 Å². The Bertz CT molecular complexity index is 464. The van der Waals surface area contributed by atoms with Crippen molar-refractivity contribution in [3.63, 3.8) is 0 Å². The van der Waals surface area contributed by atoms with E-state index in [1.807, 2.05) is 6.92 Å². The summed E-state index contributed by atoms with van der Waals surface area (Å²) in [6, 6.07) is 0. The van der Waals surface area contributed by atoms with Gasteiger partial charge in [-0.05, 0) is 27.2 Å². The molecule has 0 aromatic carbocycles. The van der Waals surface area contributed by atoms with E-state index in [-0.39, 0.29) is 18.7 Å². The van der Waals surface area contributed by atoms with Gasteiger partial charge in [0.05, 0.1) is 13.2 Å². The third kappa shape index (κ3) is 14.6. The summed E-state index contributed by atoms with van der Waals surface area (Å²) in [4.78, 5) is 32.4.